The van der Waals surface area contributed by atoms with Gasteiger partial charge in [0.1, 0.15) is 0 Å². The summed E-state index contributed by atoms with van der Waals surface area (Å²) < 4.78 is 0. The fourth-order valence-corrected chi connectivity index (χ4v) is 4.29. The highest BCUT2D eigenvalue weighted by molar-refractivity contribution is 6.34. The summed E-state index contributed by atoms with van der Waals surface area (Å²) >= 11 is 6.28. The zero-order valence-corrected chi connectivity index (χ0v) is 18.6. The summed E-state index contributed by atoms with van der Waals surface area (Å²) in [7, 11) is 0. The van der Waals surface area contributed by atoms with Crippen LogP contribution in [0, 0.1) is 13.8 Å². The number of pyridine rings is 1. The minimum Gasteiger partial charge on any atom is -0.349 e. The highest BCUT2D eigenvalue weighted by Crippen LogP contribution is 2.24. The summed E-state index contributed by atoms with van der Waals surface area (Å²) in [6.07, 6.45) is 5.47. The summed E-state index contributed by atoms with van der Waals surface area (Å²) in [5.41, 5.74) is 4.03. The standard InChI is InChI=1S/C25H26ClN3O2/c1-15-8-9-17-13-20(16(2)27-23(17)12-15)24(30)29-19-10-11-22(26)21(14-19)25(31)28-18-6-4-3-5-7-18/h8-14,18H,3-7H2,1-2H3,(H,28,31)(H,29,30). The number of rotatable bonds is 4. The summed E-state index contributed by atoms with van der Waals surface area (Å²) in [6, 6.07) is 13.0. The molecule has 0 aliphatic heterocycles. The van der Waals surface area contributed by atoms with Gasteiger partial charge in [0.25, 0.3) is 11.8 Å². The van der Waals surface area contributed by atoms with Crippen LogP contribution in [0.1, 0.15) is 64.1 Å². The van der Waals surface area contributed by atoms with E-state index in [-0.39, 0.29) is 17.9 Å². The van der Waals surface area contributed by atoms with Crippen molar-refractivity contribution in [3.05, 3.63) is 69.9 Å². The Labute approximate surface area is 187 Å². The van der Waals surface area contributed by atoms with Gasteiger partial charge in [-0.1, -0.05) is 43.0 Å². The van der Waals surface area contributed by atoms with Crippen LogP contribution in [0.25, 0.3) is 10.9 Å². The van der Waals surface area contributed by atoms with Crippen molar-refractivity contribution in [1.29, 1.82) is 0 Å². The zero-order chi connectivity index (χ0) is 22.0. The third-order valence-electron chi connectivity index (χ3n) is 5.82. The summed E-state index contributed by atoms with van der Waals surface area (Å²) in [4.78, 5) is 30.3. The van der Waals surface area contributed by atoms with Gasteiger partial charge in [0, 0.05) is 17.1 Å². The van der Waals surface area contributed by atoms with Crippen LogP contribution in [-0.2, 0) is 0 Å². The predicted molar refractivity (Wildman–Crippen MR) is 125 cm³/mol. The molecule has 2 N–H and O–H groups in total. The van der Waals surface area contributed by atoms with Gasteiger partial charge in [0.2, 0.25) is 0 Å². The number of amides is 2. The van der Waals surface area contributed by atoms with Crippen LogP contribution >= 0.6 is 11.6 Å². The van der Waals surface area contributed by atoms with Crippen LogP contribution in [0.2, 0.25) is 5.02 Å². The fourth-order valence-electron chi connectivity index (χ4n) is 4.09. The third-order valence-corrected chi connectivity index (χ3v) is 6.15. The van der Waals surface area contributed by atoms with E-state index >= 15 is 0 Å². The lowest BCUT2D eigenvalue weighted by Gasteiger charge is -2.23. The zero-order valence-electron chi connectivity index (χ0n) is 17.8. The number of hydrogen-bond acceptors (Lipinski definition) is 3. The monoisotopic (exact) mass is 435 g/mol. The molecule has 0 saturated heterocycles. The number of aryl methyl sites for hydroxylation is 2. The number of carbonyl (C=O) groups is 2. The van der Waals surface area contributed by atoms with E-state index in [4.69, 9.17) is 11.6 Å². The average molecular weight is 436 g/mol. The van der Waals surface area contributed by atoms with Crippen LogP contribution in [-0.4, -0.2) is 22.8 Å². The van der Waals surface area contributed by atoms with Crippen molar-refractivity contribution in [2.24, 2.45) is 0 Å². The number of aromatic nitrogens is 1. The first-order chi connectivity index (χ1) is 14.9. The molecular weight excluding hydrogens is 410 g/mol. The molecule has 31 heavy (non-hydrogen) atoms. The first kappa shape index (κ1) is 21.3. The summed E-state index contributed by atoms with van der Waals surface area (Å²) in [5, 5.41) is 7.23. The number of anilines is 1. The van der Waals surface area contributed by atoms with Crippen LogP contribution in [0.3, 0.4) is 0 Å². The molecule has 0 radical (unpaired) electrons. The van der Waals surface area contributed by atoms with E-state index in [0.29, 0.717) is 27.5 Å². The summed E-state index contributed by atoms with van der Waals surface area (Å²) in [5.74, 6) is -0.472. The van der Waals surface area contributed by atoms with Crippen molar-refractivity contribution in [2.75, 3.05) is 5.32 Å². The Hall–Kier alpha value is -2.92. The second kappa shape index (κ2) is 9.06. The lowest BCUT2D eigenvalue weighted by molar-refractivity contribution is 0.0926. The Morgan fingerprint density at radius 3 is 2.48 bits per heavy atom. The molecule has 1 aliphatic rings. The fraction of sp³-hybridized carbons (Fsp3) is 0.320. The lowest BCUT2D eigenvalue weighted by atomic mass is 9.95. The van der Waals surface area contributed by atoms with Crippen molar-refractivity contribution in [3.8, 4) is 0 Å². The van der Waals surface area contributed by atoms with Gasteiger partial charge < -0.3 is 10.6 Å². The largest absolute Gasteiger partial charge is 0.349 e. The first-order valence-electron chi connectivity index (χ1n) is 10.7. The van der Waals surface area contributed by atoms with Crippen LogP contribution in [0.15, 0.2) is 42.5 Å². The van der Waals surface area contributed by atoms with Crippen molar-refractivity contribution in [3.63, 3.8) is 0 Å². The molecule has 4 rings (SSSR count). The molecule has 5 nitrogen and oxygen atoms in total. The maximum atomic E-state index is 12.9. The molecule has 1 heterocycles. The number of nitrogens with zero attached hydrogens (tertiary/aromatic N) is 1. The minimum absolute atomic E-state index is 0.186. The quantitative estimate of drug-likeness (QED) is 0.542. The molecule has 0 bridgehead atoms. The highest BCUT2D eigenvalue weighted by atomic mass is 35.5. The molecule has 160 valence electrons. The van der Waals surface area contributed by atoms with Crippen LogP contribution in [0.5, 0.6) is 0 Å². The van der Waals surface area contributed by atoms with Crippen molar-refractivity contribution in [1.82, 2.24) is 10.3 Å². The number of fused-ring (bicyclic) bond motifs is 1. The molecule has 1 aliphatic carbocycles. The van der Waals surface area contributed by atoms with Gasteiger partial charge in [-0.2, -0.15) is 0 Å². The van der Waals surface area contributed by atoms with E-state index in [1.807, 2.05) is 38.1 Å². The van der Waals surface area contributed by atoms with E-state index < -0.39 is 0 Å². The second-order valence-corrected chi connectivity index (χ2v) is 8.68. The molecule has 6 heteroatoms. The molecule has 1 saturated carbocycles. The molecule has 3 aromatic rings. The maximum absolute atomic E-state index is 12.9. The van der Waals surface area contributed by atoms with Gasteiger partial charge in [-0.15, -0.1) is 0 Å². The lowest BCUT2D eigenvalue weighted by Crippen LogP contribution is -2.36. The van der Waals surface area contributed by atoms with Gasteiger partial charge in [-0.3, -0.25) is 14.6 Å². The number of carbonyl (C=O) groups excluding carboxylic acids is 2. The Morgan fingerprint density at radius 1 is 0.935 bits per heavy atom. The molecule has 2 aromatic carbocycles. The van der Waals surface area contributed by atoms with Crippen LogP contribution in [0.4, 0.5) is 5.69 Å². The minimum atomic E-state index is -0.270. The summed E-state index contributed by atoms with van der Waals surface area (Å²) in [6.45, 7) is 3.83. The Balaban J connectivity index is 1.54. The highest BCUT2D eigenvalue weighted by Gasteiger charge is 2.19. The Morgan fingerprint density at radius 2 is 1.71 bits per heavy atom. The second-order valence-electron chi connectivity index (χ2n) is 8.27. The molecule has 1 aromatic heterocycles. The van der Waals surface area contributed by atoms with Crippen molar-refractivity contribution < 1.29 is 9.59 Å². The molecule has 1 fully saturated rings. The molecule has 2 amide bonds. The van der Waals surface area contributed by atoms with Gasteiger partial charge in [0.05, 0.1) is 27.4 Å². The van der Waals surface area contributed by atoms with Crippen LogP contribution < -0.4 is 10.6 Å². The molecule has 0 atom stereocenters. The van der Waals surface area contributed by atoms with E-state index in [1.54, 1.807) is 18.2 Å². The van der Waals surface area contributed by atoms with Gasteiger partial charge in [0.15, 0.2) is 0 Å². The van der Waals surface area contributed by atoms with Gasteiger partial charge in [-0.25, -0.2) is 0 Å². The SMILES string of the molecule is Cc1ccc2cc(C(=O)Nc3ccc(Cl)c(C(=O)NC4CCCCC4)c3)c(C)nc2c1. The van der Waals surface area contributed by atoms with Gasteiger partial charge >= 0.3 is 0 Å². The maximum Gasteiger partial charge on any atom is 0.257 e. The molecular formula is C25H26ClN3O2. The van der Waals surface area contributed by atoms with E-state index in [9.17, 15) is 9.59 Å². The van der Waals surface area contributed by atoms with E-state index in [0.717, 1.165) is 42.1 Å². The number of halogens is 1. The smallest absolute Gasteiger partial charge is 0.257 e. The van der Waals surface area contributed by atoms with E-state index in [2.05, 4.69) is 15.6 Å². The Bertz CT molecular complexity index is 1150. The van der Waals surface area contributed by atoms with Gasteiger partial charge in [-0.05, 0) is 62.6 Å². The predicted octanol–water partition coefficient (Wildman–Crippen LogP) is 5.82. The number of nitrogens with one attached hydrogen (secondary N) is 2. The first-order valence-corrected chi connectivity index (χ1v) is 11.1. The third kappa shape index (κ3) is 4.88. The normalized spacial score (nSPS) is 14.4. The average Bonchev–Trinajstić information content (AvgIpc) is 2.75. The molecule has 0 unspecified atom stereocenters. The number of benzene rings is 2. The van der Waals surface area contributed by atoms with Crippen molar-refractivity contribution >= 4 is 40.0 Å². The number of hydrogen-bond donors (Lipinski definition) is 2. The topological polar surface area (TPSA) is 71.1 Å². The molecule has 0 spiro atoms. The Kier molecular flexibility index (Phi) is 6.23. The van der Waals surface area contributed by atoms with Crippen molar-refractivity contribution in [2.45, 2.75) is 52.0 Å². The van der Waals surface area contributed by atoms with E-state index in [1.165, 1.54) is 6.42 Å².